The highest BCUT2D eigenvalue weighted by Gasteiger charge is 2.30. The van der Waals surface area contributed by atoms with Crippen LogP contribution < -0.4 is 5.32 Å². The minimum atomic E-state index is 0.676. The molecule has 3 heteroatoms. The zero-order chi connectivity index (χ0) is 11.8. The molecule has 1 atom stereocenters. The van der Waals surface area contributed by atoms with Crippen molar-refractivity contribution < 1.29 is 4.74 Å². The topological polar surface area (TPSA) is 24.5 Å². The van der Waals surface area contributed by atoms with E-state index >= 15 is 0 Å². The lowest BCUT2D eigenvalue weighted by Crippen LogP contribution is -2.42. The summed E-state index contributed by atoms with van der Waals surface area (Å²) >= 11 is 0. The van der Waals surface area contributed by atoms with E-state index in [2.05, 4.69) is 24.1 Å². The SMILES string of the molecule is CCCN(C(C)CNCCCOC)C1CC1. The lowest BCUT2D eigenvalue weighted by atomic mass is 10.2. The highest BCUT2D eigenvalue weighted by atomic mass is 16.5. The fourth-order valence-corrected chi connectivity index (χ4v) is 2.20. The second-order valence-electron chi connectivity index (χ2n) is 4.87. The van der Waals surface area contributed by atoms with Crippen LogP contribution >= 0.6 is 0 Å². The quantitative estimate of drug-likeness (QED) is 0.578. The van der Waals surface area contributed by atoms with Gasteiger partial charge in [0.15, 0.2) is 0 Å². The van der Waals surface area contributed by atoms with Gasteiger partial charge in [0.2, 0.25) is 0 Å². The fraction of sp³-hybridized carbons (Fsp3) is 1.00. The third-order valence-corrected chi connectivity index (χ3v) is 3.21. The largest absolute Gasteiger partial charge is 0.385 e. The minimum Gasteiger partial charge on any atom is -0.385 e. The van der Waals surface area contributed by atoms with E-state index in [1.54, 1.807) is 7.11 Å². The molecule has 0 aromatic rings. The summed E-state index contributed by atoms with van der Waals surface area (Å²) < 4.78 is 5.03. The minimum absolute atomic E-state index is 0.676. The molecule has 1 aliphatic rings. The number of methoxy groups -OCH3 is 1. The number of nitrogens with zero attached hydrogens (tertiary/aromatic N) is 1. The molecule has 3 nitrogen and oxygen atoms in total. The summed E-state index contributed by atoms with van der Waals surface area (Å²) in [5.74, 6) is 0. The Morgan fingerprint density at radius 3 is 2.75 bits per heavy atom. The van der Waals surface area contributed by atoms with Crippen molar-refractivity contribution in [2.75, 3.05) is 33.4 Å². The van der Waals surface area contributed by atoms with Crippen molar-refractivity contribution in [3.05, 3.63) is 0 Å². The number of hydrogen-bond acceptors (Lipinski definition) is 3. The van der Waals surface area contributed by atoms with Crippen molar-refractivity contribution in [3.63, 3.8) is 0 Å². The van der Waals surface area contributed by atoms with E-state index in [1.807, 2.05) is 0 Å². The third-order valence-electron chi connectivity index (χ3n) is 3.21. The molecule has 0 aromatic carbocycles. The van der Waals surface area contributed by atoms with Crippen molar-refractivity contribution >= 4 is 0 Å². The van der Waals surface area contributed by atoms with Crippen LogP contribution in [0.25, 0.3) is 0 Å². The van der Waals surface area contributed by atoms with Gasteiger partial charge in [0.25, 0.3) is 0 Å². The number of hydrogen-bond donors (Lipinski definition) is 1. The summed E-state index contributed by atoms with van der Waals surface area (Å²) in [6.07, 6.45) is 5.20. The molecule has 0 amide bonds. The van der Waals surface area contributed by atoms with Gasteiger partial charge in [-0.3, -0.25) is 4.90 Å². The molecule has 1 unspecified atom stereocenters. The third kappa shape index (κ3) is 5.28. The zero-order valence-corrected chi connectivity index (χ0v) is 11.2. The second-order valence-corrected chi connectivity index (χ2v) is 4.87. The van der Waals surface area contributed by atoms with Crippen molar-refractivity contribution in [2.24, 2.45) is 0 Å². The smallest absolute Gasteiger partial charge is 0.0474 e. The normalized spacial score (nSPS) is 18.0. The van der Waals surface area contributed by atoms with Crippen molar-refractivity contribution in [3.8, 4) is 0 Å². The molecule has 1 N–H and O–H groups in total. The lowest BCUT2D eigenvalue weighted by Gasteiger charge is -2.29. The van der Waals surface area contributed by atoms with E-state index in [9.17, 15) is 0 Å². The maximum atomic E-state index is 5.03. The van der Waals surface area contributed by atoms with Crippen molar-refractivity contribution in [2.45, 2.75) is 51.6 Å². The van der Waals surface area contributed by atoms with Gasteiger partial charge in [-0.05, 0) is 45.7 Å². The Balaban J connectivity index is 2.08. The van der Waals surface area contributed by atoms with E-state index in [1.165, 1.54) is 25.8 Å². The first-order valence-corrected chi connectivity index (χ1v) is 6.75. The Kier molecular flexibility index (Phi) is 7.01. The fourth-order valence-electron chi connectivity index (χ4n) is 2.20. The summed E-state index contributed by atoms with van der Waals surface area (Å²) in [5.41, 5.74) is 0. The van der Waals surface area contributed by atoms with Gasteiger partial charge in [-0.2, -0.15) is 0 Å². The van der Waals surface area contributed by atoms with E-state index in [4.69, 9.17) is 4.74 Å². The highest BCUT2D eigenvalue weighted by molar-refractivity contribution is 4.87. The van der Waals surface area contributed by atoms with E-state index in [0.29, 0.717) is 6.04 Å². The van der Waals surface area contributed by atoms with Crippen LogP contribution in [0.1, 0.15) is 39.5 Å². The molecule has 1 aliphatic carbocycles. The highest BCUT2D eigenvalue weighted by Crippen LogP contribution is 2.28. The Bertz CT molecular complexity index is 171. The van der Waals surface area contributed by atoms with Gasteiger partial charge in [0.1, 0.15) is 0 Å². The van der Waals surface area contributed by atoms with Crippen LogP contribution in [0.5, 0.6) is 0 Å². The summed E-state index contributed by atoms with van der Waals surface area (Å²) in [7, 11) is 1.76. The second kappa shape index (κ2) is 8.04. The van der Waals surface area contributed by atoms with Gasteiger partial charge < -0.3 is 10.1 Å². The van der Waals surface area contributed by atoms with E-state index in [0.717, 1.165) is 32.2 Å². The molecule has 0 radical (unpaired) electrons. The van der Waals surface area contributed by atoms with E-state index < -0.39 is 0 Å². The molecule has 0 bridgehead atoms. The Morgan fingerprint density at radius 2 is 2.19 bits per heavy atom. The van der Waals surface area contributed by atoms with E-state index in [-0.39, 0.29) is 0 Å². The van der Waals surface area contributed by atoms with Crippen LogP contribution in [0.15, 0.2) is 0 Å². The van der Waals surface area contributed by atoms with Crippen LogP contribution in [0.3, 0.4) is 0 Å². The molecule has 1 saturated carbocycles. The number of rotatable bonds is 10. The van der Waals surface area contributed by atoms with Crippen LogP contribution in [0.4, 0.5) is 0 Å². The molecule has 0 spiro atoms. The first-order chi connectivity index (χ1) is 7.79. The van der Waals surface area contributed by atoms with Crippen LogP contribution in [-0.4, -0.2) is 50.3 Å². The first-order valence-electron chi connectivity index (χ1n) is 6.75. The van der Waals surface area contributed by atoms with Crippen molar-refractivity contribution in [1.29, 1.82) is 0 Å². The number of nitrogens with one attached hydrogen (secondary N) is 1. The maximum absolute atomic E-state index is 5.03. The van der Waals surface area contributed by atoms with Crippen LogP contribution in [0.2, 0.25) is 0 Å². The summed E-state index contributed by atoms with van der Waals surface area (Å²) in [4.78, 5) is 2.67. The van der Waals surface area contributed by atoms with Crippen LogP contribution in [-0.2, 0) is 4.74 Å². The standard InChI is InChI=1S/C13H28N2O/c1-4-9-15(13-6-7-13)12(2)11-14-8-5-10-16-3/h12-14H,4-11H2,1-3H3. The van der Waals surface area contributed by atoms with Crippen LogP contribution in [0, 0.1) is 0 Å². The molecule has 0 aromatic heterocycles. The summed E-state index contributed by atoms with van der Waals surface area (Å²) in [5, 5.41) is 3.52. The average molecular weight is 228 g/mol. The predicted octanol–water partition coefficient (Wildman–Crippen LogP) is 1.88. The Hall–Kier alpha value is -0.120. The average Bonchev–Trinajstić information content (AvgIpc) is 3.09. The van der Waals surface area contributed by atoms with Gasteiger partial charge in [-0.15, -0.1) is 0 Å². The molecular formula is C13H28N2O. The van der Waals surface area contributed by atoms with Gasteiger partial charge >= 0.3 is 0 Å². The monoisotopic (exact) mass is 228 g/mol. The molecule has 96 valence electrons. The summed E-state index contributed by atoms with van der Waals surface area (Å²) in [6, 6.07) is 1.56. The Morgan fingerprint density at radius 1 is 1.44 bits per heavy atom. The molecule has 16 heavy (non-hydrogen) atoms. The molecule has 0 aliphatic heterocycles. The lowest BCUT2D eigenvalue weighted by molar-refractivity contribution is 0.183. The van der Waals surface area contributed by atoms with Gasteiger partial charge in [0, 0.05) is 32.3 Å². The van der Waals surface area contributed by atoms with Gasteiger partial charge in [0.05, 0.1) is 0 Å². The molecule has 0 saturated heterocycles. The number of ether oxygens (including phenoxy) is 1. The maximum Gasteiger partial charge on any atom is 0.0474 e. The first kappa shape index (κ1) is 13.9. The van der Waals surface area contributed by atoms with Gasteiger partial charge in [-0.1, -0.05) is 6.92 Å². The molecule has 1 rings (SSSR count). The van der Waals surface area contributed by atoms with Crippen molar-refractivity contribution in [1.82, 2.24) is 10.2 Å². The zero-order valence-electron chi connectivity index (χ0n) is 11.2. The Labute approximate surface area is 101 Å². The predicted molar refractivity (Wildman–Crippen MR) is 68.8 cm³/mol. The molecular weight excluding hydrogens is 200 g/mol. The molecule has 1 fully saturated rings. The van der Waals surface area contributed by atoms with Gasteiger partial charge in [-0.25, -0.2) is 0 Å². The summed E-state index contributed by atoms with van der Waals surface area (Å²) in [6.45, 7) is 8.92. The molecule has 0 heterocycles.